The molecule has 0 atom stereocenters. The number of halogens is 2. The number of nitrogens with one attached hydrogen (secondary N) is 1. The second-order valence-electron chi connectivity index (χ2n) is 5.95. The number of nitrogens with zero attached hydrogens (tertiary/aromatic N) is 2. The van der Waals surface area contributed by atoms with Gasteiger partial charge in [0.05, 0.1) is 12.3 Å². The number of aliphatic hydroxyl groups is 1. The number of anilines is 1. The smallest absolute Gasteiger partial charge is 0.223 e. The Hall–Kier alpha value is -2.05. The van der Waals surface area contributed by atoms with Gasteiger partial charge in [0.15, 0.2) is 0 Å². The maximum Gasteiger partial charge on any atom is 0.223 e. The zero-order chi connectivity index (χ0) is 17.1. The van der Waals surface area contributed by atoms with E-state index in [0.29, 0.717) is 17.9 Å². The molecule has 0 spiro atoms. The molecule has 132 valence electrons. The van der Waals surface area contributed by atoms with Crippen LogP contribution in [0.25, 0.3) is 22.0 Å². The molecule has 1 aromatic heterocycles. The summed E-state index contributed by atoms with van der Waals surface area (Å²) < 4.78 is 14.1. The number of hydrogen-bond donors (Lipinski definition) is 2. The summed E-state index contributed by atoms with van der Waals surface area (Å²) in [6, 6.07) is 12.5. The van der Waals surface area contributed by atoms with Gasteiger partial charge in [0.2, 0.25) is 5.95 Å². The average molecular weight is 405 g/mol. The van der Waals surface area contributed by atoms with Crippen molar-refractivity contribution in [2.45, 2.75) is 19.8 Å². The van der Waals surface area contributed by atoms with Crippen LogP contribution in [0.15, 0.2) is 42.5 Å². The fraction of sp³-hybridized carbons (Fsp3) is 0.263. The summed E-state index contributed by atoms with van der Waals surface area (Å²) >= 11 is 0. The molecule has 0 unspecified atom stereocenters. The Labute approximate surface area is 156 Å². The Bertz CT molecular complexity index is 870. The van der Waals surface area contributed by atoms with Crippen molar-refractivity contribution in [2.75, 3.05) is 18.5 Å². The fourth-order valence-corrected chi connectivity index (χ4v) is 2.63. The molecule has 0 amide bonds. The largest absolute Gasteiger partial charge is 1.00 e. The Morgan fingerprint density at radius 3 is 2.48 bits per heavy atom. The van der Waals surface area contributed by atoms with Gasteiger partial charge in [0, 0.05) is 23.2 Å². The van der Waals surface area contributed by atoms with Crippen molar-refractivity contribution >= 4 is 16.7 Å². The van der Waals surface area contributed by atoms with Crippen molar-refractivity contribution in [3.63, 3.8) is 0 Å². The first-order chi connectivity index (χ1) is 11.6. The molecule has 0 fully saturated rings. The molecule has 3 aromatic rings. The zero-order valence-electron chi connectivity index (χ0n) is 14.1. The van der Waals surface area contributed by atoms with Crippen LogP contribution in [0.3, 0.4) is 0 Å². The summed E-state index contributed by atoms with van der Waals surface area (Å²) in [4.78, 5) is 9.03. The summed E-state index contributed by atoms with van der Waals surface area (Å²) in [6.07, 6.45) is 0. The van der Waals surface area contributed by atoms with Gasteiger partial charge in [-0.2, -0.15) is 0 Å². The SMILES string of the molecule is CC(C)c1cc(-c2ccc(F)c3ccccc23)nc(NCCO)n1.[Br-]. The van der Waals surface area contributed by atoms with Gasteiger partial charge in [0.1, 0.15) is 5.82 Å². The minimum absolute atomic E-state index is 0. The number of aliphatic hydroxyl groups excluding tert-OH is 1. The van der Waals surface area contributed by atoms with Crippen LogP contribution in [0, 0.1) is 5.82 Å². The van der Waals surface area contributed by atoms with E-state index in [4.69, 9.17) is 5.11 Å². The molecule has 0 saturated heterocycles. The zero-order valence-corrected chi connectivity index (χ0v) is 15.7. The van der Waals surface area contributed by atoms with Crippen LogP contribution < -0.4 is 22.3 Å². The van der Waals surface area contributed by atoms with Gasteiger partial charge >= 0.3 is 0 Å². The molecule has 2 N–H and O–H groups in total. The van der Waals surface area contributed by atoms with Crippen molar-refractivity contribution < 1.29 is 26.5 Å². The van der Waals surface area contributed by atoms with Gasteiger partial charge in [-0.25, -0.2) is 14.4 Å². The summed E-state index contributed by atoms with van der Waals surface area (Å²) in [5, 5.41) is 13.4. The lowest BCUT2D eigenvalue weighted by atomic mass is 10.00. The lowest BCUT2D eigenvalue weighted by Gasteiger charge is -2.13. The lowest BCUT2D eigenvalue weighted by molar-refractivity contribution is -0.00000666. The van der Waals surface area contributed by atoms with E-state index in [0.717, 1.165) is 22.3 Å². The molecule has 0 aliphatic rings. The van der Waals surface area contributed by atoms with Crippen molar-refractivity contribution in [1.82, 2.24) is 9.97 Å². The first kappa shape index (κ1) is 19.3. The van der Waals surface area contributed by atoms with Gasteiger partial charge in [0.25, 0.3) is 0 Å². The standard InChI is InChI=1S/C19H20FN3O.BrH/c1-12(2)17-11-18(23-19(22-17)21-9-10-24)15-7-8-16(20)14-6-4-3-5-13(14)15;/h3-8,11-12,24H,9-10H2,1-2H3,(H,21,22,23);1H/p-1. The maximum atomic E-state index is 14.1. The quantitative estimate of drug-likeness (QED) is 0.665. The third-order valence-electron chi connectivity index (χ3n) is 3.88. The number of hydrogen-bond acceptors (Lipinski definition) is 4. The number of rotatable bonds is 5. The third-order valence-corrected chi connectivity index (χ3v) is 3.88. The van der Waals surface area contributed by atoms with Gasteiger partial charge in [-0.15, -0.1) is 0 Å². The number of benzene rings is 2. The van der Waals surface area contributed by atoms with Crippen LogP contribution in [-0.2, 0) is 0 Å². The van der Waals surface area contributed by atoms with Crippen LogP contribution >= 0.6 is 0 Å². The highest BCUT2D eigenvalue weighted by molar-refractivity contribution is 5.96. The second-order valence-corrected chi connectivity index (χ2v) is 5.95. The van der Waals surface area contributed by atoms with E-state index in [9.17, 15) is 4.39 Å². The van der Waals surface area contributed by atoms with Crippen molar-refractivity contribution in [3.05, 3.63) is 54.0 Å². The molecule has 0 aliphatic heterocycles. The van der Waals surface area contributed by atoms with E-state index in [2.05, 4.69) is 29.1 Å². The van der Waals surface area contributed by atoms with E-state index in [1.54, 1.807) is 12.1 Å². The molecule has 3 rings (SSSR count). The monoisotopic (exact) mass is 404 g/mol. The highest BCUT2D eigenvalue weighted by atomic mass is 79.9. The maximum absolute atomic E-state index is 14.1. The lowest BCUT2D eigenvalue weighted by Crippen LogP contribution is -3.00. The van der Waals surface area contributed by atoms with E-state index in [1.165, 1.54) is 6.07 Å². The molecule has 25 heavy (non-hydrogen) atoms. The molecule has 0 saturated carbocycles. The van der Waals surface area contributed by atoms with E-state index < -0.39 is 0 Å². The minimum Gasteiger partial charge on any atom is -1.00 e. The molecule has 0 bridgehead atoms. The van der Waals surface area contributed by atoms with Crippen LogP contribution in [0.2, 0.25) is 0 Å². The van der Waals surface area contributed by atoms with E-state index >= 15 is 0 Å². The molecule has 0 aliphatic carbocycles. The third kappa shape index (κ3) is 4.14. The summed E-state index contributed by atoms with van der Waals surface area (Å²) in [7, 11) is 0. The Morgan fingerprint density at radius 1 is 1.08 bits per heavy atom. The topological polar surface area (TPSA) is 58.0 Å². The summed E-state index contributed by atoms with van der Waals surface area (Å²) in [5.41, 5.74) is 2.50. The Morgan fingerprint density at radius 2 is 1.80 bits per heavy atom. The van der Waals surface area contributed by atoms with Crippen LogP contribution in [0.1, 0.15) is 25.5 Å². The molecule has 2 aromatic carbocycles. The first-order valence-corrected chi connectivity index (χ1v) is 8.01. The molecule has 6 heteroatoms. The van der Waals surface area contributed by atoms with Crippen LogP contribution in [0.5, 0.6) is 0 Å². The highest BCUT2D eigenvalue weighted by Crippen LogP contribution is 2.31. The van der Waals surface area contributed by atoms with Crippen molar-refractivity contribution in [1.29, 1.82) is 0 Å². The van der Waals surface area contributed by atoms with Gasteiger partial charge in [-0.05, 0) is 29.5 Å². The second kappa shape index (κ2) is 8.36. The first-order valence-electron chi connectivity index (χ1n) is 8.01. The Kier molecular flexibility index (Phi) is 6.45. The Balaban J connectivity index is 0.00000225. The molecule has 4 nitrogen and oxygen atoms in total. The van der Waals surface area contributed by atoms with Crippen molar-refractivity contribution in [2.24, 2.45) is 0 Å². The van der Waals surface area contributed by atoms with Crippen LogP contribution in [0.4, 0.5) is 10.3 Å². The predicted octanol–water partition coefficient (Wildman–Crippen LogP) is 0.968. The fourth-order valence-electron chi connectivity index (χ4n) is 2.63. The van der Waals surface area contributed by atoms with Crippen LogP contribution in [-0.4, -0.2) is 28.2 Å². The molecular formula is C19H20BrFN3O-. The van der Waals surface area contributed by atoms with E-state index in [1.807, 2.05) is 24.3 Å². The average Bonchev–Trinajstić information content (AvgIpc) is 2.60. The normalized spacial score (nSPS) is 10.8. The summed E-state index contributed by atoms with van der Waals surface area (Å²) in [5.74, 6) is 0.456. The van der Waals surface area contributed by atoms with Gasteiger partial charge in [-0.1, -0.05) is 38.1 Å². The van der Waals surface area contributed by atoms with Gasteiger partial charge < -0.3 is 27.4 Å². The predicted molar refractivity (Wildman–Crippen MR) is 94.6 cm³/mol. The highest BCUT2D eigenvalue weighted by Gasteiger charge is 2.13. The molecule has 0 radical (unpaired) electrons. The molecule has 1 heterocycles. The summed E-state index contributed by atoms with van der Waals surface area (Å²) in [6.45, 7) is 4.50. The van der Waals surface area contributed by atoms with Gasteiger partial charge in [-0.3, -0.25) is 0 Å². The van der Waals surface area contributed by atoms with E-state index in [-0.39, 0.29) is 35.3 Å². The number of aromatic nitrogens is 2. The minimum atomic E-state index is -0.244. The molecular weight excluding hydrogens is 385 g/mol. The number of fused-ring (bicyclic) bond motifs is 1. The van der Waals surface area contributed by atoms with Crippen molar-refractivity contribution in [3.8, 4) is 11.3 Å².